The molecule has 0 amide bonds. The molecule has 0 fully saturated rings. The van der Waals surface area contributed by atoms with Crippen molar-refractivity contribution in [3.63, 3.8) is 0 Å². The third kappa shape index (κ3) is 3.76. The van der Waals surface area contributed by atoms with E-state index in [2.05, 4.69) is 75.5 Å². The van der Waals surface area contributed by atoms with Crippen molar-refractivity contribution in [3.8, 4) is 11.1 Å². The number of hydrogen-bond donors (Lipinski definition) is 3. The number of nitrogens with zero attached hydrogens (tertiary/aromatic N) is 4. The van der Waals surface area contributed by atoms with Crippen molar-refractivity contribution in [3.05, 3.63) is 60.4 Å². The van der Waals surface area contributed by atoms with Crippen LogP contribution >= 0.6 is 0 Å². The zero-order chi connectivity index (χ0) is 17.8. The van der Waals surface area contributed by atoms with Gasteiger partial charge in [0.15, 0.2) is 5.82 Å². The summed E-state index contributed by atoms with van der Waals surface area (Å²) in [4.78, 5) is 0. The normalized spacial score (nSPS) is 13.7. The maximum Gasteiger partial charge on any atom is 0.152 e. The van der Waals surface area contributed by atoms with Crippen LogP contribution in [0.4, 0.5) is 0 Å². The molecule has 3 rings (SSSR count). The summed E-state index contributed by atoms with van der Waals surface area (Å²) in [6.45, 7) is 7.88. The van der Waals surface area contributed by atoms with Crippen LogP contribution in [0.2, 0.25) is 0 Å². The fourth-order valence-electron chi connectivity index (χ4n) is 3.29. The number of rotatable bonds is 7. The zero-order valence-electron chi connectivity index (χ0n) is 14.3. The first-order chi connectivity index (χ1) is 12.1. The number of hydrogen-bond acceptors (Lipinski definition) is 5. The molecule has 2 aromatic heterocycles. The van der Waals surface area contributed by atoms with Crippen molar-refractivity contribution >= 4 is 0 Å². The van der Waals surface area contributed by atoms with Crippen molar-refractivity contribution in [1.82, 2.24) is 30.8 Å². The lowest BCUT2D eigenvalue weighted by atomic mass is 9.78. The Morgan fingerprint density at radius 1 is 1.20 bits per heavy atom. The summed E-state index contributed by atoms with van der Waals surface area (Å²) in [7, 11) is 0. The molecule has 2 heterocycles. The maximum atomic E-state index is 10.1. The fourth-order valence-corrected chi connectivity index (χ4v) is 3.29. The molecular weight excluding hydrogens is 316 g/mol. The molecule has 3 aromatic rings. The molecular formula is C18H22N6O. The summed E-state index contributed by atoms with van der Waals surface area (Å²) in [5.41, 5.74) is 3.29. The molecule has 130 valence electrons. The minimum absolute atomic E-state index is 0.0766. The van der Waals surface area contributed by atoms with Gasteiger partial charge in [-0.15, -0.1) is 5.10 Å². The molecule has 0 unspecified atom stereocenters. The van der Waals surface area contributed by atoms with Crippen LogP contribution in [0, 0.1) is 11.8 Å². The van der Waals surface area contributed by atoms with Gasteiger partial charge in [0.05, 0.1) is 12.0 Å². The Morgan fingerprint density at radius 3 is 2.48 bits per heavy atom. The van der Waals surface area contributed by atoms with Crippen LogP contribution in [0.1, 0.15) is 31.2 Å². The van der Waals surface area contributed by atoms with Gasteiger partial charge in [0.1, 0.15) is 0 Å². The molecule has 25 heavy (non-hydrogen) atoms. The average molecular weight is 338 g/mol. The van der Waals surface area contributed by atoms with E-state index in [1.54, 1.807) is 6.20 Å². The predicted molar refractivity (Wildman–Crippen MR) is 94.7 cm³/mol. The minimum atomic E-state index is -0.136. The lowest BCUT2D eigenvalue weighted by Crippen LogP contribution is -2.23. The highest BCUT2D eigenvalue weighted by molar-refractivity contribution is 5.61. The monoisotopic (exact) mass is 338 g/mol. The van der Waals surface area contributed by atoms with E-state index in [0.717, 1.165) is 16.7 Å². The number of allylic oxidation sites excluding steroid dienone is 1. The number of benzene rings is 1. The number of aliphatic hydroxyl groups is 1. The van der Waals surface area contributed by atoms with Gasteiger partial charge in [-0.2, -0.15) is 5.10 Å². The van der Waals surface area contributed by atoms with E-state index in [9.17, 15) is 5.11 Å². The minimum Gasteiger partial charge on any atom is -0.513 e. The van der Waals surface area contributed by atoms with Crippen LogP contribution in [0.15, 0.2) is 49.0 Å². The molecule has 0 saturated carbocycles. The van der Waals surface area contributed by atoms with E-state index >= 15 is 0 Å². The van der Waals surface area contributed by atoms with Crippen molar-refractivity contribution in [2.45, 2.75) is 26.2 Å². The number of aromatic amines is 2. The van der Waals surface area contributed by atoms with Gasteiger partial charge in [0.25, 0.3) is 0 Å². The number of H-pyrrole nitrogens is 2. The average Bonchev–Trinajstić information content (AvgIpc) is 3.28. The van der Waals surface area contributed by atoms with E-state index in [1.165, 1.54) is 0 Å². The van der Waals surface area contributed by atoms with Gasteiger partial charge < -0.3 is 5.11 Å². The molecule has 3 N–H and O–H groups in total. The summed E-state index contributed by atoms with van der Waals surface area (Å²) in [5, 5.41) is 31.2. The predicted octanol–water partition coefficient (Wildman–Crippen LogP) is 3.26. The maximum absolute atomic E-state index is 10.1. The van der Waals surface area contributed by atoms with Crippen LogP contribution < -0.4 is 0 Å². The highest BCUT2D eigenvalue weighted by Gasteiger charge is 2.31. The molecule has 7 nitrogen and oxygen atoms in total. The van der Waals surface area contributed by atoms with Crippen molar-refractivity contribution < 1.29 is 5.11 Å². The molecule has 0 radical (unpaired) electrons. The lowest BCUT2D eigenvalue weighted by Gasteiger charge is -2.27. The number of nitrogens with one attached hydrogen (secondary N) is 2. The second-order valence-corrected chi connectivity index (χ2v) is 6.54. The van der Waals surface area contributed by atoms with Gasteiger partial charge in [-0.1, -0.05) is 44.7 Å². The van der Waals surface area contributed by atoms with E-state index in [-0.39, 0.29) is 23.5 Å². The first-order valence-corrected chi connectivity index (χ1v) is 8.25. The molecule has 1 aromatic carbocycles. The summed E-state index contributed by atoms with van der Waals surface area (Å²) in [5.74, 6) is 0.813. The second kappa shape index (κ2) is 7.29. The van der Waals surface area contributed by atoms with E-state index in [4.69, 9.17) is 0 Å². The van der Waals surface area contributed by atoms with Gasteiger partial charge >= 0.3 is 0 Å². The molecule has 7 heteroatoms. The molecule has 0 aliphatic heterocycles. The van der Waals surface area contributed by atoms with Gasteiger partial charge in [0, 0.05) is 23.6 Å². The van der Waals surface area contributed by atoms with E-state index < -0.39 is 0 Å². The Hall–Kier alpha value is -2.96. The summed E-state index contributed by atoms with van der Waals surface area (Å²) >= 11 is 0. The molecule has 0 spiro atoms. The van der Waals surface area contributed by atoms with E-state index in [0.29, 0.717) is 12.2 Å². The highest BCUT2D eigenvalue weighted by Crippen LogP contribution is 2.35. The standard InChI is InChI=1S/C18H22N6O/c1-11(2)17(12(3)25)16(18-21-23-24-22-18)8-13-4-6-14(7-5-13)15-9-19-20-10-15/h4-7,9-11,16-17,25H,3,8H2,1-2H3,(H,19,20)(H,21,22,23,24)/t16-,17+/m0/s1. The third-order valence-electron chi connectivity index (χ3n) is 4.49. The van der Waals surface area contributed by atoms with Crippen LogP contribution in [0.3, 0.4) is 0 Å². The Morgan fingerprint density at radius 2 is 1.96 bits per heavy atom. The van der Waals surface area contributed by atoms with Gasteiger partial charge in [0.2, 0.25) is 0 Å². The molecule has 0 aliphatic carbocycles. The SMILES string of the molecule is C=C(O)[C@@H](C(C)C)[C@H](Cc1ccc(-c2cn[nH]c2)cc1)c1nnn[nH]1. The van der Waals surface area contributed by atoms with Crippen molar-refractivity contribution in [2.75, 3.05) is 0 Å². The smallest absolute Gasteiger partial charge is 0.152 e. The van der Waals surface area contributed by atoms with Gasteiger partial charge in [-0.25, -0.2) is 5.10 Å². The number of aliphatic hydroxyl groups excluding tert-OH is 1. The first-order valence-electron chi connectivity index (χ1n) is 8.25. The summed E-state index contributed by atoms with van der Waals surface area (Å²) in [6, 6.07) is 8.29. The fraction of sp³-hybridized carbons (Fsp3) is 0.333. The van der Waals surface area contributed by atoms with Crippen LogP contribution in [0.5, 0.6) is 0 Å². The Kier molecular flexibility index (Phi) is 4.92. The molecule has 0 aliphatic rings. The lowest BCUT2D eigenvalue weighted by molar-refractivity contribution is 0.243. The first kappa shape index (κ1) is 16.9. The topological polar surface area (TPSA) is 103 Å². The Balaban J connectivity index is 1.86. The Bertz CT molecular complexity index is 793. The molecule has 0 bridgehead atoms. The zero-order valence-corrected chi connectivity index (χ0v) is 14.3. The Labute approximate surface area is 146 Å². The largest absolute Gasteiger partial charge is 0.513 e. The van der Waals surface area contributed by atoms with Crippen LogP contribution in [-0.2, 0) is 6.42 Å². The number of tetrazole rings is 1. The molecule has 2 atom stereocenters. The van der Waals surface area contributed by atoms with Gasteiger partial charge in [-0.05, 0) is 33.9 Å². The summed E-state index contributed by atoms with van der Waals surface area (Å²) in [6.07, 6.45) is 4.36. The van der Waals surface area contributed by atoms with Crippen LogP contribution in [-0.4, -0.2) is 35.9 Å². The highest BCUT2D eigenvalue weighted by atomic mass is 16.3. The second-order valence-electron chi connectivity index (χ2n) is 6.54. The van der Waals surface area contributed by atoms with Crippen molar-refractivity contribution in [1.29, 1.82) is 0 Å². The third-order valence-corrected chi connectivity index (χ3v) is 4.49. The molecule has 0 saturated heterocycles. The van der Waals surface area contributed by atoms with Crippen molar-refractivity contribution in [2.24, 2.45) is 11.8 Å². The number of aromatic nitrogens is 6. The van der Waals surface area contributed by atoms with Gasteiger partial charge in [-0.3, -0.25) is 5.10 Å². The quantitative estimate of drug-likeness (QED) is 0.574. The van der Waals surface area contributed by atoms with E-state index in [1.807, 2.05) is 6.20 Å². The summed E-state index contributed by atoms with van der Waals surface area (Å²) < 4.78 is 0. The van der Waals surface area contributed by atoms with Crippen LogP contribution in [0.25, 0.3) is 11.1 Å².